The van der Waals surface area contributed by atoms with E-state index in [9.17, 15) is 14.3 Å². The summed E-state index contributed by atoms with van der Waals surface area (Å²) in [6.07, 6.45) is 2.40. The molecule has 132 valence electrons. The summed E-state index contributed by atoms with van der Waals surface area (Å²) >= 11 is 0. The number of carboxylic acids is 1. The van der Waals surface area contributed by atoms with E-state index in [1.807, 2.05) is 35.2 Å². The first-order chi connectivity index (χ1) is 12.1. The molecule has 0 saturated carbocycles. The minimum Gasteiger partial charge on any atom is -0.496 e. The molecule has 0 radical (unpaired) electrons. The predicted octanol–water partition coefficient (Wildman–Crippen LogP) is 3.86. The molecule has 4 nitrogen and oxygen atoms in total. The van der Waals surface area contributed by atoms with Crippen LogP contribution in [0.4, 0.5) is 4.39 Å². The summed E-state index contributed by atoms with van der Waals surface area (Å²) in [6, 6.07) is 12.9. The van der Waals surface area contributed by atoms with Crippen molar-refractivity contribution in [3.05, 3.63) is 65.5 Å². The normalized spacial score (nSPS) is 19.4. The van der Waals surface area contributed by atoms with Crippen LogP contribution in [-0.4, -0.2) is 35.7 Å². The van der Waals surface area contributed by atoms with Crippen molar-refractivity contribution in [2.24, 2.45) is 0 Å². The fraction of sp³-hybridized carbons (Fsp3) is 0.350. The molecule has 1 N–H and O–H groups in total. The summed E-state index contributed by atoms with van der Waals surface area (Å²) in [6.45, 7) is 0.649. The average Bonchev–Trinajstić information content (AvgIpc) is 2.63. The van der Waals surface area contributed by atoms with E-state index in [4.69, 9.17) is 4.74 Å². The molecule has 0 aromatic heterocycles. The second-order valence-electron chi connectivity index (χ2n) is 6.29. The first-order valence-corrected chi connectivity index (χ1v) is 8.48. The van der Waals surface area contributed by atoms with Crippen molar-refractivity contribution in [1.82, 2.24) is 4.90 Å². The van der Waals surface area contributed by atoms with Crippen molar-refractivity contribution in [3.63, 3.8) is 0 Å². The third kappa shape index (κ3) is 3.66. The van der Waals surface area contributed by atoms with E-state index < -0.39 is 12.0 Å². The highest BCUT2D eigenvalue weighted by molar-refractivity contribution is 5.73. The number of rotatable bonds is 5. The number of likely N-dealkylation sites (tertiary alicyclic amines) is 1. The van der Waals surface area contributed by atoms with Gasteiger partial charge < -0.3 is 9.84 Å². The first-order valence-electron chi connectivity index (χ1n) is 8.48. The summed E-state index contributed by atoms with van der Waals surface area (Å²) in [5, 5.41) is 9.69. The Balaban J connectivity index is 2.13. The number of aliphatic carboxylic acids is 1. The van der Waals surface area contributed by atoms with E-state index in [0.717, 1.165) is 24.0 Å². The Hall–Kier alpha value is -2.40. The van der Waals surface area contributed by atoms with Crippen LogP contribution in [-0.2, 0) is 4.79 Å². The van der Waals surface area contributed by atoms with Crippen molar-refractivity contribution in [2.45, 2.75) is 31.3 Å². The Labute approximate surface area is 146 Å². The lowest BCUT2D eigenvalue weighted by Crippen LogP contribution is -2.46. The van der Waals surface area contributed by atoms with Gasteiger partial charge in [0.05, 0.1) is 13.2 Å². The fourth-order valence-electron chi connectivity index (χ4n) is 3.65. The lowest BCUT2D eigenvalue weighted by atomic mass is 9.91. The highest BCUT2D eigenvalue weighted by atomic mass is 19.1. The van der Waals surface area contributed by atoms with Crippen LogP contribution in [0.25, 0.3) is 0 Å². The number of benzene rings is 2. The van der Waals surface area contributed by atoms with Gasteiger partial charge in [-0.15, -0.1) is 0 Å². The molecule has 1 saturated heterocycles. The number of para-hydroxylation sites is 1. The highest BCUT2D eigenvalue weighted by Gasteiger charge is 2.36. The molecule has 0 aliphatic carbocycles. The monoisotopic (exact) mass is 343 g/mol. The summed E-state index contributed by atoms with van der Waals surface area (Å²) < 4.78 is 19.4. The zero-order valence-corrected chi connectivity index (χ0v) is 14.2. The molecule has 2 aromatic carbocycles. The molecule has 1 aliphatic rings. The zero-order valence-electron chi connectivity index (χ0n) is 14.2. The van der Waals surface area contributed by atoms with Gasteiger partial charge in [-0.3, -0.25) is 9.69 Å². The van der Waals surface area contributed by atoms with Crippen LogP contribution in [0, 0.1) is 5.82 Å². The van der Waals surface area contributed by atoms with Gasteiger partial charge in [-0.05, 0) is 43.1 Å². The first kappa shape index (κ1) is 17.4. The number of hydrogen-bond donors (Lipinski definition) is 1. The van der Waals surface area contributed by atoms with Crippen LogP contribution in [0.15, 0.2) is 48.5 Å². The Morgan fingerprint density at radius 2 is 2.04 bits per heavy atom. The molecule has 0 amide bonds. The van der Waals surface area contributed by atoms with E-state index in [2.05, 4.69) is 0 Å². The Morgan fingerprint density at radius 1 is 1.24 bits per heavy atom. The SMILES string of the molecule is COc1ccccc1C(c1cccc(F)c1)N1CCCCC1C(=O)O. The largest absolute Gasteiger partial charge is 0.496 e. The molecule has 1 aliphatic heterocycles. The highest BCUT2D eigenvalue weighted by Crippen LogP contribution is 2.38. The summed E-state index contributed by atoms with van der Waals surface area (Å²) in [4.78, 5) is 13.8. The van der Waals surface area contributed by atoms with Gasteiger partial charge >= 0.3 is 5.97 Å². The maximum atomic E-state index is 13.9. The molecule has 5 heteroatoms. The summed E-state index contributed by atoms with van der Waals surface area (Å²) in [5.74, 6) is -0.497. The van der Waals surface area contributed by atoms with Crippen molar-refractivity contribution < 1.29 is 19.0 Å². The maximum absolute atomic E-state index is 13.9. The van der Waals surface area contributed by atoms with Crippen LogP contribution >= 0.6 is 0 Å². The molecule has 1 fully saturated rings. The van der Waals surface area contributed by atoms with Gasteiger partial charge in [0.15, 0.2) is 0 Å². The zero-order chi connectivity index (χ0) is 17.8. The molecule has 0 spiro atoms. The van der Waals surface area contributed by atoms with Gasteiger partial charge in [-0.2, -0.15) is 0 Å². The van der Waals surface area contributed by atoms with Crippen LogP contribution in [0.3, 0.4) is 0 Å². The molecule has 3 rings (SSSR count). The van der Waals surface area contributed by atoms with E-state index in [-0.39, 0.29) is 11.9 Å². The quantitative estimate of drug-likeness (QED) is 0.895. The molecule has 2 atom stereocenters. The molecular formula is C20H22FNO3. The number of carboxylic acid groups (broad SMARTS) is 1. The number of carbonyl (C=O) groups is 1. The standard InChI is InChI=1S/C20H22FNO3/c1-25-18-11-3-2-9-16(18)19(14-7-6-8-15(21)13-14)22-12-5-4-10-17(22)20(23)24/h2-3,6-9,11,13,17,19H,4-5,10,12H2,1H3,(H,23,24). The number of hydrogen-bond acceptors (Lipinski definition) is 3. The van der Waals surface area contributed by atoms with Crippen molar-refractivity contribution >= 4 is 5.97 Å². The summed E-state index contributed by atoms with van der Waals surface area (Å²) in [7, 11) is 1.59. The van der Waals surface area contributed by atoms with Crippen molar-refractivity contribution in [1.29, 1.82) is 0 Å². The third-order valence-electron chi connectivity index (χ3n) is 4.76. The molecular weight excluding hydrogens is 321 g/mol. The van der Waals surface area contributed by atoms with Gasteiger partial charge in [0, 0.05) is 5.56 Å². The number of halogens is 1. The van der Waals surface area contributed by atoms with E-state index >= 15 is 0 Å². The van der Waals surface area contributed by atoms with Gasteiger partial charge in [0.25, 0.3) is 0 Å². The minimum atomic E-state index is -0.837. The molecule has 25 heavy (non-hydrogen) atoms. The van der Waals surface area contributed by atoms with E-state index in [1.54, 1.807) is 13.2 Å². The molecule has 0 bridgehead atoms. The van der Waals surface area contributed by atoms with Crippen LogP contribution in [0.5, 0.6) is 5.75 Å². The van der Waals surface area contributed by atoms with Crippen molar-refractivity contribution in [3.8, 4) is 5.75 Å². The van der Waals surface area contributed by atoms with Crippen molar-refractivity contribution in [2.75, 3.05) is 13.7 Å². The molecule has 1 heterocycles. The molecule has 2 aromatic rings. The lowest BCUT2D eigenvalue weighted by molar-refractivity contribution is -0.145. The van der Waals surface area contributed by atoms with Gasteiger partial charge in [-0.25, -0.2) is 4.39 Å². The second kappa shape index (κ2) is 7.66. The number of methoxy groups -OCH3 is 1. The van der Waals surface area contributed by atoms with Crippen LogP contribution in [0.2, 0.25) is 0 Å². The fourth-order valence-corrected chi connectivity index (χ4v) is 3.65. The van der Waals surface area contributed by atoms with E-state index in [0.29, 0.717) is 18.7 Å². The van der Waals surface area contributed by atoms with Gasteiger partial charge in [0.2, 0.25) is 0 Å². The van der Waals surface area contributed by atoms with Gasteiger partial charge in [0.1, 0.15) is 17.6 Å². The second-order valence-corrected chi connectivity index (χ2v) is 6.29. The predicted molar refractivity (Wildman–Crippen MR) is 93.2 cm³/mol. The minimum absolute atomic E-state index is 0.332. The van der Waals surface area contributed by atoms with E-state index in [1.165, 1.54) is 12.1 Å². The topological polar surface area (TPSA) is 49.8 Å². The van der Waals surface area contributed by atoms with Crippen LogP contribution in [0.1, 0.15) is 36.4 Å². The Kier molecular flexibility index (Phi) is 5.34. The number of piperidine rings is 1. The Bertz CT molecular complexity index is 749. The van der Waals surface area contributed by atoms with Gasteiger partial charge in [-0.1, -0.05) is 36.8 Å². The number of nitrogens with zero attached hydrogens (tertiary/aromatic N) is 1. The lowest BCUT2D eigenvalue weighted by Gasteiger charge is -2.40. The number of ether oxygens (including phenoxy) is 1. The smallest absolute Gasteiger partial charge is 0.320 e. The van der Waals surface area contributed by atoms with Crippen LogP contribution < -0.4 is 4.74 Å². The third-order valence-corrected chi connectivity index (χ3v) is 4.76. The molecule has 2 unspecified atom stereocenters. The Morgan fingerprint density at radius 3 is 2.76 bits per heavy atom. The maximum Gasteiger partial charge on any atom is 0.320 e. The average molecular weight is 343 g/mol. The summed E-state index contributed by atoms with van der Waals surface area (Å²) in [5.41, 5.74) is 1.58.